The Morgan fingerprint density at radius 2 is 2.04 bits per heavy atom. The maximum absolute atomic E-state index is 12.5. The summed E-state index contributed by atoms with van der Waals surface area (Å²) in [5, 5.41) is 3.79. The van der Waals surface area contributed by atoms with Crippen LogP contribution in [0, 0.1) is 6.92 Å². The summed E-state index contributed by atoms with van der Waals surface area (Å²) in [7, 11) is 1.54. The zero-order chi connectivity index (χ0) is 20.1. The first kappa shape index (κ1) is 20.2. The minimum atomic E-state index is -0.464. The van der Waals surface area contributed by atoms with Crippen molar-refractivity contribution in [2.24, 2.45) is 0 Å². The fourth-order valence-electron chi connectivity index (χ4n) is 2.86. The van der Waals surface area contributed by atoms with Crippen molar-refractivity contribution in [1.82, 2.24) is 15.3 Å². The smallest absolute Gasteiger partial charge is 0.348 e. The van der Waals surface area contributed by atoms with Gasteiger partial charge in [-0.2, -0.15) is 0 Å². The molecule has 7 nitrogen and oxygen atoms in total. The van der Waals surface area contributed by atoms with Crippen molar-refractivity contribution in [3.05, 3.63) is 62.5 Å². The van der Waals surface area contributed by atoms with Crippen molar-refractivity contribution in [3.63, 3.8) is 0 Å². The number of benzene rings is 1. The number of aromatic amines is 1. The molecule has 2 aromatic heterocycles. The topological polar surface area (TPSA) is 93.3 Å². The lowest BCUT2D eigenvalue weighted by Gasteiger charge is -2.13. The van der Waals surface area contributed by atoms with E-state index in [1.807, 2.05) is 30.3 Å². The highest BCUT2D eigenvalue weighted by atomic mass is 32.1. The number of hydrogen-bond acceptors (Lipinski definition) is 7. The molecule has 8 heteroatoms. The Bertz CT molecular complexity index is 1010. The molecular weight excluding hydrogens is 378 g/mol. The van der Waals surface area contributed by atoms with Gasteiger partial charge in [-0.05, 0) is 25.0 Å². The highest BCUT2D eigenvalue weighted by molar-refractivity contribution is 7.20. The van der Waals surface area contributed by atoms with Crippen LogP contribution in [0.2, 0.25) is 0 Å². The third kappa shape index (κ3) is 4.46. The van der Waals surface area contributed by atoms with Crippen LogP contribution < -0.4 is 10.9 Å². The Balaban J connectivity index is 1.78. The number of nitrogens with one attached hydrogen (secondary N) is 2. The van der Waals surface area contributed by atoms with E-state index in [0.717, 1.165) is 5.56 Å². The van der Waals surface area contributed by atoms with Crippen LogP contribution in [0.3, 0.4) is 0 Å². The molecule has 0 radical (unpaired) electrons. The highest BCUT2D eigenvalue weighted by Crippen LogP contribution is 2.27. The first-order valence-corrected chi connectivity index (χ1v) is 9.79. The van der Waals surface area contributed by atoms with Crippen LogP contribution in [0.5, 0.6) is 0 Å². The molecule has 0 aliphatic rings. The van der Waals surface area contributed by atoms with Gasteiger partial charge in [0.2, 0.25) is 0 Å². The van der Waals surface area contributed by atoms with Crippen LogP contribution >= 0.6 is 11.3 Å². The standard InChI is InChI=1S/C20H23N3O4S/c1-12-16-18(24)22-15(11-21-13(2)14-7-5-4-6-8-14)23-19(16)28-17(12)20(25)27-10-9-26-3/h4-8,13,21H,9-11H2,1-3H3,(H,22,23,24)/t13-/m0/s1. The number of thiophene rings is 1. The van der Waals surface area contributed by atoms with E-state index in [9.17, 15) is 9.59 Å². The van der Waals surface area contributed by atoms with E-state index in [1.54, 1.807) is 6.92 Å². The summed E-state index contributed by atoms with van der Waals surface area (Å²) in [5.41, 5.74) is 1.49. The molecule has 0 spiro atoms. The molecule has 28 heavy (non-hydrogen) atoms. The number of nitrogens with zero attached hydrogens (tertiary/aromatic N) is 1. The third-order valence-electron chi connectivity index (χ3n) is 4.43. The lowest BCUT2D eigenvalue weighted by Crippen LogP contribution is -2.22. The van der Waals surface area contributed by atoms with Crippen LogP contribution in [0.4, 0.5) is 0 Å². The van der Waals surface area contributed by atoms with Crippen molar-refractivity contribution < 1.29 is 14.3 Å². The normalized spacial score (nSPS) is 12.2. The second-order valence-corrected chi connectivity index (χ2v) is 7.39. The molecule has 1 atom stereocenters. The summed E-state index contributed by atoms with van der Waals surface area (Å²) < 4.78 is 10.1. The molecular formula is C20H23N3O4S. The molecule has 0 aliphatic carbocycles. The molecule has 3 rings (SSSR count). The monoisotopic (exact) mass is 401 g/mol. The number of methoxy groups -OCH3 is 1. The summed E-state index contributed by atoms with van der Waals surface area (Å²) in [5.74, 6) is 0.0650. The molecule has 0 fully saturated rings. The molecule has 0 aliphatic heterocycles. The second kappa shape index (κ2) is 9.09. The zero-order valence-electron chi connectivity index (χ0n) is 16.1. The van der Waals surface area contributed by atoms with E-state index < -0.39 is 5.97 Å². The summed E-state index contributed by atoms with van der Waals surface area (Å²) >= 11 is 1.17. The average Bonchev–Trinajstić information content (AvgIpc) is 3.04. The summed E-state index contributed by atoms with van der Waals surface area (Å²) in [6.07, 6.45) is 0. The van der Waals surface area contributed by atoms with E-state index in [0.29, 0.717) is 39.6 Å². The fourth-order valence-corrected chi connectivity index (χ4v) is 3.95. The number of aromatic nitrogens is 2. The molecule has 148 valence electrons. The number of esters is 1. The predicted octanol–water partition coefficient (Wildman–Crippen LogP) is 2.95. The van der Waals surface area contributed by atoms with Gasteiger partial charge < -0.3 is 19.8 Å². The van der Waals surface area contributed by atoms with E-state index in [1.165, 1.54) is 18.4 Å². The maximum Gasteiger partial charge on any atom is 0.348 e. The highest BCUT2D eigenvalue weighted by Gasteiger charge is 2.20. The molecule has 0 bridgehead atoms. The van der Waals surface area contributed by atoms with Crippen molar-refractivity contribution in [2.75, 3.05) is 20.3 Å². The molecule has 2 N–H and O–H groups in total. The SMILES string of the molecule is COCCOC(=O)c1sc2nc(CN[C@@H](C)c3ccccc3)[nH]c(=O)c2c1C. The summed E-state index contributed by atoms with van der Waals surface area (Å²) in [6.45, 7) is 4.68. The number of carbonyl (C=O) groups excluding carboxylic acids is 1. The first-order valence-electron chi connectivity index (χ1n) is 8.98. The Labute approximate surface area is 166 Å². The van der Waals surface area contributed by atoms with Crippen molar-refractivity contribution in [3.8, 4) is 0 Å². The third-order valence-corrected chi connectivity index (χ3v) is 5.60. The van der Waals surface area contributed by atoms with E-state index in [-0.39, 0.29) is 18.2 Å². The lowest BCUT2D eigenvalue weighted by molar-refractivity contribution is 0.0393. The number of rotatable bonds is 8. The van der Waals surface area contributed by atoms with Crippen LogP contribution in [-0.2, 0) is 16.0 Å². The Morgan fingerprint density at radius 3 is 2.75 bits per heavy atom. The largest absolute Gasteiger partial charge is 0.459 e. The summed E-state index contributed by atoms with van der Waals surface area (Å²) in [6, 6.07) is 10.1. The molecule has 0 amide bonds. The maximum atomic E-state index is 12.5. The van der Waals surface area contributed by atoms with Gasteiger partial charge in [0.05, 0.1) is 18.5 Å². The molecule has 0 saturated carbocycles. The number of hydrogen-bond donors (Lipinski definition) is 2. The molecule has 0 unspecified atom stereocenters. The lowest BCUT2D eigenvalue weighted by atomic mass is 10.1. The Morgan fingerprint density at radius 1 is 1.29 bits per heavy atom. The van der Waals surface area contributed by atoms with Crippen LogP contribution in [-0.4, -0.2) is 36.3 Å². The zero-order valence-corrected chi connectivity index (χ0v) is 16.9. The average molecular weight is 401 g/mol. The van der Waals surface area contributed by atoms with Crippen LogP contribution in [0.15, 0.2) is 35.1 Å². The number of carbonyl (C=O) groups is 1. The van der Waals surface area contributed by atoms with Crippen molar-refractivity contribution in [1.29, 1.82) is 0 Å². The first-order chi connectivity index (χ1) is 13.5. The molecule has 0 saturated heterocycles. The quantitative estimate of drug-likeness (QED) is 0.445. The predicted molar refractivity (Wildman–Crippen MR) is 109 cm³/mol. The minimum Gasteiger partial charge on any atom is -0.459 e. The van der Waals surface area contributed by atoms with Gasteiger partial charge in [0, 0.05) is 13.2 Å². The molecule has 2 heterocycles. The van der Waals surface area contributed by atoms with Gasteiger partial charge >= 0.3 is 5.97 Å². The van der Waals surface area contributed by atoms with Crippen LogP contribution in [0.1, 0.15) is 39.6 Å². The van der Waals surface area contributed by atoms with Crippen LogP contribution in [0.25, 0.3) is 10.2 Å². The van der Waals surface area contributed by atoms with Gasteiger partial charge in [-0.15, -0.1) is 11.3 Å². The number of ether oxygens (including phenoxy) is 2. The van der Waals surface area contributed by atoms with Gasteiger partial charge in [0.1, 0.15) is 22.1 Å². The number of fused-ring (bicyclic) bond motifs is 1. The van der Waals surface area contributed by atoms with E-state index >= 15 is 0 Å². The van der Waals surface area contributed by atoms with Gasteiger partial charge in [-0.1, -0.05) is 30.3 Å². The summed E-state index contributed by atoms with van der Waals surface area (Å²) in [4.78, 5) is 33.1. The Kier molecular flexibility index (Phi) is 6.56. The van der Waals surface area contributed by atoms with Crippen molar-refractivity contribution >= 4 is 27.5 Å². The number of aryl methyl sites for hydroxylation is 1. The van der Waals surface area contributed by atoms with Crippen molar-refractivity contribution in [2.45, 2.75) is 26.4 Å². The Hall–Kier alpha value is -2.55. The number of H-pyrrole nitrogens is 1. The second-order valence-electron chi connectivity index (χ2n) is 6.39. The molecule has 1 aromatic carbocycles. The van der Waals surface area contributed by atoms with Gasteiger partial charge in [0.25, 0.3) is 5.56 Å². The molecule has 3 aromatic rings. The van der Waals surface area contributed by atoms with E-state index in [4.69, 9.17) is 9.47 Å². The minimum absolute atomic E-state index is 0.110. The van der Waals surface area contributed by atoms with E-state index in [2.05, 4.69) is 22.2 Å². The van der Waals surface area contributed by atoms with Gasteiger partial charge in [0.15, 0.2) is 0 Å². The fraction of sp³-hybridized carbons (Fsp3) is 0.350. The van der Waals surface area contributed by atoms with Gasteiger partial charge in [-0.25, -0.2) is 9.78 Å². The van der Waals surface area contributed by atoms with Gasteiger partial charge in [-0.3, -0.25) is 4.79 Å².